The van der Waals surface area contributed by atoms with E-state index in [2.05, 4.69) is 104 Å². The minimum absolute atomic E-state index is 0.0447. The summed E-state index contributed by atoms with van der Waals surface area (Å²) >= 11 is 8.17. The summed E-state index contributed by atoms with van der Waals surface area (Å²) in [5, 5.41) is 0. The fourth-order valence-corrected chi connectivity index (χ4v) is 6.72. The van der Waals surface area contributed by atoms with E-state index < -0.39 is 0 Å². The van der Waals surface area contributed by atoms with Crippen LogP contribution in [0.1, 0.15) is 28.4 Å². The smallest absolute Gasteiger partial charge is 0.193 e. The van der Waals surface area contributed by atoms with E-state index in [-0.39, 0.29) is 16.7 Å². The molecule has 0 bridgehead atoms. The lowest BCUT2D eigenvalue weighted by Crippen LogP contribution is -2.06. The number of hydrogen-bond donors (Lipinski definition) is 2. The minimum atomic E-state index is -0.282. The van der Waals surface area contributed by atoms with Gasteiger partial charge in [0.25, 0.3) is 0 Å². The molecule has 192 valence electrons. The van der Waals surface area contributed by atoms with Crippen LogP contribution in [-0.2, 0) is 10.9 Å². The molecule has 0 aliphatic heterocycles. The highest BCUT2D eigenvalue weighted by atomic mass is 33.1. The van der Waals surface area contributed by atoms with Gasteiger partial charge in [0.15, 0.2) is 20.5 Å². The molecule has 0 saturated heterocycles. The van der Waals surface area contributed by atoms with Crippen molar-refractivity contribution in [1.29, 1.82) is 0 Å². The van der Waals surface area contributed by atoms with Gasteiger partial charge in [-0.15, -0.1) is 23.3 Å². The molecule has 0 spiro atoms. The van der Waals surface area contributed by atoms with Crippen LogP contribution in [0.3, 0.4) is 0 Å². The van der Waals surface area contributed by atoms with E-state index in [4.69, 9.17) is 0 Å². The third kappa shape index (κ3) is 8.08. The predicted octanol–water partition coefficient (Wildman–Crippen LogP) is 9.82. The number of rotatable bonds is 9. The van der Waals surface area contributed by atoms with E-state index in [1.807, 2.05) is 67.6 Å². The SMILES string of the molecule is C=C/C=C(\C=C/C)Sc1ccc([S+](c2ccc(C)cc2)c2ccc(C(=O)c3ccccc3)cc2)cc1.SS. The first-order valence-electron chi connectivity index (χ1n) is 12.0. The maximum atomic E-state index is 12.9. The molecule has 0 amide bonds. The third-order valence-corrected chi connectivity index (χ3v) is 8.80. The Morgan fingerprint density at radius 1 is 0.763 bits per heavy atom. The quantitative estimate of drug-likeness (QED) is 0.0520. The molecule has 4 aromatic rings. The Kier molecular flexibility index (Phi) is 12.2. The first-order valence-corrected chi connectivity index (χ1v) is 15.7. The molecule has 0 radical (unpaired) electrons. The summed E-state index contributed by atoms with van der Waals surface area (Å²) in [7, 11) is -0.282. The van der Waals surface area contributed by atoms with E-state index in [1.165, 1.54) is 25.1 Å². The van der Waals surface area contributed by atoms with Gasteiger partial charge in [-0.3, -0.25) is 4.79 Å². The maximum absolute atomic E-state index is 12.9. The van der Waals surface area contributed by atoms with Crippen molar-refractivity contribution < 1.29 is 4.79 Å². The Balaban J connectivity index is 0.00000195. The van der Waals surface area contributed by atoms with Gasteiger partial charge in [0.2, 0.25) is 0 Å². The monoisotopic (exact) mass is 571 g/mol. The Bertz CT molecular complexity index is 1370. The van der Waals surface area contributed by atoms with Crippen molar-refractivity contribution in [2.45, 2.75) is 33.4 Å². The minimum Gasteiger partial charge on any atom is -0.289 e. The Morgan fingerprint density at radius 2 is 1.26 bits per heavy atom. The molecule has 0 fully saturated rings. The van der Waals surface area contributed by atoms with Crippen molar-refractivity contribution in [3.8, 4) is 0 Å². The second kappa shape index (κ2) is 15.6. The zero-order valence-corrected chi connectivity index (χ0v) is 24.9. The summed E-state index contributed by atoms with van der Waals surface area (Å²) in [4.78, 5) is 18.9. The molecule has 38 heavy (non-hydrogen) atoms. The Hall–Kier alpha value is -2.83. The molecule has 1 atom stereocenters. The zero-order chi connectivity index (χ0) is 27.3. The second-order valence-electron chi connectivity index (χ2n) is 8.22. The fourth-order valence-electron chi connectivity index (χ4n) is 3.77. The van der Waals surface area contributed by atoms with E-state index in [9.17, 15) is 4.79 Å². The Morgan fingerprint density at radius 3 is 1.79 bits per heavy atom. The summed E-state index contributed by atoms with van der Waals surface area (Å²) < 4.78 is 0. The molecule has 0 heterocycles. The van der Waals surface area contributed by atoms with Gasteiger partial charge in [0.05, 0.1) is 10.9 Å². The highest BCUT2D eigenvalue weighted by Crippen LogP contribution is 2.34. The summed E-state index contributed by atoms with van der Waals surface area (Å²) in [5.74, 6) is 0.0447. The van der Waals surface area contributed by atoms with Crippen molar-refractivity contribution in [3.05, 3.63) is 156 Å². The average Bonchev–Trinajstić information content (AvgIpc) is 2.97. The van der Waals surface area contributed by atoms with Crippen LogP contribution in [-0.4, -0.2) is 5.78 Å². The number of carbonyl (C=O) groups is 1. The normalized spacial score (nSPS) is 11.9. The standard InChI is InChI=1S/C33H29OS2.H2S2/c1-4-9-28(10-5-2)35-29-17-23-32(24-18-29)36(30-19-13-25(3)14-20-30)31-21-15-27(16-22-31)33(34)26-11-7-6-8-12-26;1-2/h4-24H,1H2,2-3H3;1-2H/q+1;/b10-5-,28-9+;. The summed E-state index contributed by atoms with van der Waals surface area (Å²) in [5.41, 5.74) is 2.65. The first kappa shape index (κ1) is 29.7. The molecule has 1 nitrogen and oxygen atoms in total. The van der Waals surface area contributed by atoms with E-state index in [0.717, 1.165) is 4.91 Å². The van der Waals surface area contributed by atoms with Gasteiger partial charge >= 0.3 is 0 Å². The van der Waals surface area contributed by atoms with Gasteiger partial charge in [0.1, 0.15) is 0 Å². The van der Waals surface area contributed by atoms with Crippen LogP contribution >= 0.6 is 35.1 Å². The van der Waals surface area contributed by atoms with E-state index in [1.54, 1.807) is 11.8 Å². The number of aryl methyl sites for hydroxylation is 1. The molecule has 0 aromatic heterocycles. The average molecular weight is 572 g/mol. The number of thioether (sulfide) groups is 1. The van der Waals surface area contributed by atoms with Gasteiger partial charge in [-0.2, -0.15) is 0 Å². The van der Waals surface area contributed by atoms with Gasteiger partial charge in [-0.05, 0) is 80.6 Å². The number of thiol groups is 2. The van der Waals surface area contributed by atoms with Crippen LogP contribution in [0.25, 0.3) is 0 Å². The number of benzene rings is 4. The van der Waals surface area contributed by atoms with Gasteiger partial charge in [-0.25, -0.2) is 0 Å². The molecule has 4 aromatic carbocycles. The number of allylic oxidation sites excluding steroid dienone is 4. The lowest BCUT2D eigenvalue weighted by atomic mass is 10.0. The first-order chi connectivity index (χ1) is 18.6. The summed E-state index contributed by atoms with van der Waals surface area (Å²) in [6.07, 6.45) is 7.97. The zero-order valence-electron chi connectivity index (χ0n) is 21.5. The fraction of sp³-hybridized carbons (Fsp3) is 0.0606. The lowest BCUT2D eigenvalue weighted by molar-refractivity contribution is 0.103. The van der Waals surface area contributed by atoms with Gasteiger partial charge in [0, 0.05) is 20.9 Å². The predicted molar refractivity (Wildman–Crippen MR) is 173 cm³/mol. The van der Waals surface area contributed by atoms with Crippen LogP contribution in [0.5, 0.6) is 0 Å². The molecule has 1 unspecified atom stereocenters. The largest absolute Gasteiger partial charge is 0.289 e. The van der Waals surface area contributed by atoms with E-state index >= 15 is 0 Å². The Labute approximate surface area is 244 Å². The van der Waals surface area contributed by atoms with Crippen molar-refractivity contribution in [3.63, 3.8) is 0 Å². The van der Waals surface area contributed by atoms with Crippen molar-refractivity contribution >= 4 is 51.8 Å². The summed E-state index contributed by atoms with van der Waals surface area (Å²) in [6.45, 7) is 7.95. The number of hydrogen-bond acceptors (Lipinski definition) is 4. The molecule has 0 aliphatic rings. The van der Waals surface area contributed by atoms with Crippen molar-refractivity contribution in [1.82, 2.24) is 0 Å². The molecule has 4 rings (SSSR count). The molecule has 0 aliphatic carbocycles. The van der Waals surface area contributed by atoms with Crippen molar-refractivity contribution in [2.24, 2.45) is 0 Å². The van der Waals surface area contributed by atoms with Crippen molar-refractivity contribution in [2.75, 3.05) is 0 Å². The van der Waals surface area contributed by atoms with Crippen LogP contribution in [0.15, 0.2) is 158 Å². The van der Waals surface area contributed by atoms with Gasteiger partial charge in [-0.1, -0.05) is 84.6 Å². The molecule has 0 N–H and O–H groups in total. The van der Waals surface area contributed by atoms with Crippen LogP contribution < -0.4 is 0 Å². The van der Waals surface area contributed by atoms with Crippen LogP contribution in [0, 0.1) is 6.92 Å². The third-order valence-electron chi connectivity index (χ3n) is 5.55. The number of ketones is 1. The molecule has 0 saturated carbocycles. The lowest BCUT2D eigenvalue weighted by Gasteiger charge is -2.10. The highest BCUT2D eigenvalue weighted by Gasteiger charge is 2.29. The maximum Gasteiger partial charge on any atom is 0.193 e. The summed E-state index contributed by atoms with van der Waals surface area (Å²) in [6, 6.07) is 35.1. The van der Waals surface area contributed by atoms with Crippen LogP contribution in [0.4, 0.5) is 0 Å². The van der Waals surface area contributed by atoms with E-state index in [0.29, 0.717) is 11.1 Å². The highest BCUT2D eigenvalue weighted by molar-refractivity contribution is 8.59. The van der Waals surface area contributed by atoms with Crippen LogP contribution in [0.2, 0.25) is 0 Å². The molecular formula is C33H31OS4+. The molecule has 5 heteroatoms. The molecular weight excluding hydrogens is 541 g/mol. The number of carbonyl (C=O) groups excluding carboxylic acids is 1. The second-order valence-corrected chi connectivity index (χ2v) is 11.4. The topological polar surface area (TPSA) is 17.1 Å². The van der Waals surface area contributed by atoms with Gasteiger partial charge < -0.3 is 0 Å².